The van der Waals surface area contributed by atoms with E-state index in [1.807, 2.05) is 74.5 Å². The van der Waals surface area contributed by atoms with Gasteiger partial charge in [0.1, 0.15) is 30.0 Å². The van der Waals surface area contributed by atoms with Gasteiger partial charge in [-0.2, -0.15) is 8.42 Å². The fourth-order valence-corrected chi connectivity index (χ4v) is 5.73. The van der Waals surface area contributed by atoms with Crippen LogP contribution in [-0.2, 0) is 39.9 Å². The first-order valence-corrected chi connectivity index (χ1v) is 14.0. The lowest BCUT2D eigenvalue weighted by molar-refractivity contribution is -0.237. The summed E-state index contributed by atoms with van der Waals surface area (Å²) < 4.78 is 56.9. The SMILES string of the molecule is C=C[C@]1(C)O[C@H](COS(=O)(=O)c2ccc(C)cc2)[C@H]2OC(c3ccccc3)O[C@H]2[C@H]1OCc1ccccc1. The third kappa shape index (κ3) is 5.61. The second-order valence-corrected chi connectivity index (χ2v) is 11.4. The molecule has 200 valence electrons. The van der Waals surface area contributed by atoms with Gasteiger partial charge >= 0.3 is 0 Å². The van der Waals surface area contributed by atoms with E-state index in [0.717, 1.165) is 16.7 Å². The van der Waals surface area contributed by atoms with E-state index in [4.69, 9.17) is 23.1 Å². The van der Waals surface area contributed by atoms with E-state index in [1.165, 1.54) is 12.1 Å². The first-order valence-electron chi connectivity index (χ1n) is 12.6. The zero-order chi connectivity index (χ0) is 26.8. The molecule has 3 aromatic carbocycles. The molecule has 0 aliphatic carbocycles. The van der Waals surface area contributed by atoms with Gasteiger partial charge in [0.25, 0.3) is 10.1 Å². The number of fused-ring (bicyclic) bond motifs is 1. The van der Waals surface area contributed by atoms with E-state index in [1.54, 1.807) is 18.2 Å². The van der Waals surface area contributed by atoms with Crippen molar-refractivity contribution in [2.75, 3.05) is 6.61 Å². The second kappa shape index (κ2) is 11.1. The fraction of sp³-hybridized carbons (Fsp3) is 0.333. The molecule has 1 unspecified atom stereocenters. The Bertz CT molecular complexity index is 1330. The minimum absolute atomic E-state index is 0.0803. The summed E-state index contributed by atoms with van der Waals surface area (Å²) in [5.41, 5.74) is 1.81. The van der Waals surface area contributed by atoms with Crippen molar-refractivity contribution in [1.82, 2.24) is 0 Å². The van der Waals surface area contributed by atoms with Crippen molar-refractivity contribution >= 4 is 10.1 Å². The van der Waals surface area contributed by atoms with Gasteiger partial charge in [0.05, 0.1) is 18.1 Å². The lowest BCUT2D eigenvalue weighted by atomic mass is 9.86. The molecule has 0 aromatic heterocycles. The summed E-state index contributed by atoms with van der Waals surface area (Å²) in [6.07, 6.45) is -1.52. The third-order valence-corrected chi connectivity index (χ3v) is 8.26. The van der Waals surface area contributed by atoms with E-state index in [9.17, 15) is 8.42 Å². The van der Waals surface area contributed by atoms with Crippen molar-refractivity contribution in [3.05, 3.63) is 114 Å². The summed E-state index contributed by atoms with van der Waals surface area (Å²) in [6.45, 7) is 7.82. The fourth-order valence-electron chi connectivity index (χ4n) is 4.81. The van der Waals surface area contributed by atoms with Crippen molar-refractivity contribution in [3.63, 3.8) is 0 Å². The molecule has 2 fully saturated rings. The molecule has 0 saturated carbocycles. The van der Waals surface area contributed by atoms with Crippen LogP contribution in [0.1, 0.15) is 29.9 Å². The zero-order valence-electron chi connectivity index (χ0n) is 21.4. The highest BCUT2D eigenvalue weighted by atomic mass is 32.2. The van der Waals surface area contributed by atoms with Gasteiger partial charge in [0.15, 0.2) is 6.29 Å². The van der Waals surface area contributed by atoms with Gasteiger partial charge in [0, 0.05) is 5.56 Å². The normalized spacial score (nSPS) is 29.1. The molecule has 7 nitrogen and oxygen atoms in total. The highest BCUT2D eigenvalue weighted by Crippen LogP contribution is 2.44. The number of benzene rings is 3. The number of hydrogen-bond donors (Lipinski definition) is 0. The Morgan fingerprint density at radius 2 is 1.55 bits per heavy atom. The molecular formula is C30H32O7S. The minimum Gasteiger partial charge on any atom is -0.367 e. The molecule has 38 heavy (non-hydrogen) atoms. The minimum atomic E-state index is -4.01. The molecule has 2 aliphatic heterocycles. The Kier molecular flexibility index (Phi) is 7.81. The van der Waals surface area contributed by atoms with E-state index in [2.05, 4.69) is 6.58 Å². The van der Waals surface area contributed by atoms with Crippen molar-refractivity contribution in [1.29, 1.82) is 0 Å². The van der Waals surface area contributed by atoms with Gasteiger partial charge in [-0.05, 0) is 31.5 Å². The lowest BCUT2D eigenvalue weighted by Gasteiger charge is -2.47. The molecule has 5 rings (SSSR count). The predicted octanol–water partition coefficient (Wildman–Crippen LogP) is 5.11. The largest absolute Gasteiger partial charge is 0.367 e. The van der Waals surface area contributed by atoms with Crippen LogP contribution >= 0.6 is 0 Å². The molecule has 3 aromatic rings. The average molecular weight is 537 g/mol. The van der Waals surface area contributed by atoms with Gasteiger partial charge < -0.3 is 18.9 Å². The molecule has 2 aliphatic rings. The Hall–Kier alpha value is -2.85. The van der Waals surface area contributed by atoms with Crippen LogP contribution in [0.15, 0.2) is 102 Å². The van der Waals surface area contributed by atoms with Crippen molar-refractivity contribution < 1.29 is 31.5 Å². The summed E-state index contributed by atoms with van der Waals surface area (Å²) in [6, 6.07) is 25.9. The lowest BCUT2D eigenvalue weighted by Crippen LogP contribution is -2.63. The molecule has 0 radical (unpaired) electrons. The molecule has 0 bridgehead atoms. The molecular weight excluding hydrogens is 504 g/mol. The monoisotopic (exact) mass is 536 g/mol. The van der Waals surface area contributed by atoms with Gasteiger partial charge in [0.2, 0.25) is 0 Å². The van der Waals surface area contributed by atoms with Crippen LogP contribution in [0.4, 0.5) is 0 Å². The van der Waals surface area contributed by atoms with Gasteiger partial charge in [-0.25, -0.2) is 0 Å². The quantitative estimate of drug-likeness (QED) is 0.278. The Morgan fingerprint density at radius 1 is 0.921 bits per heavy atom. The third-order valence-electron chi connectivity index (χ3n) is 6.97. The van der Waals surface area contributed by atoms with Crippen molar-refractivity contribution in [2.24, 2.45) is 0 Å². The first kappa shape index (κ1) is 26.7. The molecule has 0 spiro atoms. The number of aryl methyl sites for hydroxylation is 1. The highest BCUT2D eigenvalue weighted by Gasteiger charge is 2.57. The second-order valence-electron chi connectivity index (χ2n) is 9.76. The zero-order valence-corrected chi connectivity index (χ0v) is 22.3. The average Bonchev–Trinajstić information content (AvgIpc) is 3.38. The molecule has 0 amide bonds. The van der Waals surface area contributed by atoms with Gasteiger partial charge in [-0.1, -0.05) is 84.4 Å². The molecule has 2 saturated heterocycles. The number of rotatable bonds is 9. The van der Waals surface area contributed by atoms with Crippen LogP contribution in [0.25, 0.3) is 0 Å². The van der Waals surface area contributed by atoms with Crippen LogP contribution in [0.2, 0.25) is 0 Å². The van der Waals surface area contributed by atoms with Crippen LogP contribution in [0.3, 0.4) is 0 Å². The number of ether oxygens (including phenoxy) is 4. The van der Waals surface area contributed by atoms with Gasteiger partial charge in [-0.15, -0.1) is 6.58 Å². The van der Waals surface area contributed by atoms with Crippen LogP contribution in [0, 0.1) is 6.92 Å². The van der Waals surface area contributed by atoms with E-state index in [0.29, 0.717) is 6.61 Å². The molecule has 2 heterocycles. The van der Waals surface area contributed by atoms with E-state index in [-0.39, 0.29) is 11.5 Å². The number of hydrogen-bond acceptors (Lipinski definition) is 7. The summed E-state index contributed by atoms with van der Waals surface area (Å²) in [5.74, 6) is 0. The van der Waals surface area contributed by atoms with Crippen LogP contribution < -0.4 is 0 Å². The van der Waals surface area contributed by atoms with E-state index >= 15 is 0 Å². The van der Waals surface area contributed by atoms with Gasteiger partial charge in [-0.3, -0.25) is 4.18 Å². The smallest absolute Gasteiger partial charge is 0.297 e. The Balaban J connectivity index is 1.40. The van der Waals surface area contributed by atoms with Crippen LogP contribution in [0.5, 0.6) is 0 Å². The maximum absolute atomic E-state index is 12.9. The topological polar surface area (TPSA) is 80.3 Å². The molecule has 6 atom stereocenters. The Morgan fingerprint density at radius 3 is 2.21 bits per heavy atom. The maximum Gasteiger partial charge on any atom is 0.297 e. The van der Waals surface area contributed by atoms with E-state index < -0.39 is 46.4 Å². The van der Waals surface area contributed by atoms with Crippen molar-refractivity contribution in [3.8, 4) is 0 Å². The summed E-state index contributed by atoms with van der Waals surface area (Å²) in [4.78, 5) is 0.0803. The van der Waals surface area contributed by atoms with Crippen LogP contribution in [-0.4, -0.2) is 45.0 Å². The summed E-state index contributed by atoms with van der Waals surface area (Å²) >= 11 is 0. The molecule has 0 N–H and O–H groups in total. The Labute approximate surface area is 224 Å². The first-order chi connectivity index (χ1) is 18.3. The molecule has 8 heteroatoms. The summed E-state index contributed by atoms with van der Waals surface area (Å²) in [7, 11) is -4.01. The highest BCUT2D eigenvalue weighted by molar-refractivity contribution is 7.86. The standard InChI is InChI=1S/C30H32O7S/c1-4-30(3)28(33-19-22-11-7-5-8-12-22)27-26(35-29(36-27)23-13-9-6-10-14-23)25(37-30)20-34-38(31,32)24-17-15-21(2)16-18-24/h4-18,25-29H,1,19-20H2,2-3H3/t25-,26-,27-,28-,29?,30+/m1/s1. The maximum atomic E-state index is 12.9. The predicted molar refractivity (Wildman–Crippen MR) is 142 cm³/mol. The summed E-state index contributed by atoms with van der Waals surface area (Å²) in [5, 5.41) is 0. The van der Waals surface area contributed by atoms with Crippen molar-refractivity contribution in [2.45, 2.75) is 61.7 Å².